The molecule has 2 rings (SSSR count). The highest BCUT2D eigenvalue weighted by atomic mass is 32.2. The molecule has 1 atom stereocenters. The minimum Gasteiger partial charge on any atom is -0.312 e. The van der Waals surface area contributed by atoms with Crippen LogP contribution in [0.25, 0.3) is 0 Å². The number of hydrogen-bond donors (Lipinski definition) is 2. The van der Waals surface area contributed by atoms with Gasteiger partial charge < -0.3 is 5.32 Å². The Bertz CT molecular complexity index is 540. The van der Waals surface area contributed by atoms with Gasteiger partial charge in [0.05, 0.1) is 12.7 Å². The van der Waals surface area contributed by atoms with Crippen molar-refractivity contribution >= 4 is 21.8 Å². The topological polar surface area (TPSA) is 76.0 Å². The first-order valence-corrected chi connectivity index (χ1v) is 10.1. The third kappa shape index (κ3) is 5.61. The van der Waals surface area contributed by atoms with Gasteiger partial charge in [0.15, 0.2) is 0 Å². The molecule has 0 radical (unpaired) electrons. The van der Waals surface area contributed by atoms with Crippen LogP contribution in [-0.2, 0) is 16.6 Å². The zero-order valence-electron chi connectivity index (χ0n) is 12.6. The van der Waals surface area contributed by atoms with E-state index in [9.17, 15) is 8.42 Å². The van der Waals surface area contributed by atoms with Crippen LogP contribution >= 0.6 is 11.8 Å². The Labute approximate surface area is 131 Å². The summed E-state index contributed by atoms with van der Waals surface area (Å²) in [5.74, 6) is 0. The summed E-state index contributed by atoms with van der Waals surface area (Å²) in [4.78, 5) is 0.241. The van der Waals surface area contributed by atoms with E-state index in [1.165, 1.54) is 19.0 Å². The van der Waals surface area contributed by atoms with E-state index >= 15 is 0 Å². The van der Waals surface area contributed by atoms with Crippen molar-refractivity contribution in [3.63, 3.8) is 0 Å². The number of sulfonamides is 1. The van der Waals surface area contributed by atoms with Gasteiger partial charge in [-0.15, -0.1) is 0 Å². The van der Waals surface area contributed by atoms with Crippen LogP contribution in [0.4, 0.5) is 0 Å². The van der Waals surface area contributed by atoms with Crippen molar-refractivity contribution in [2.24, 2.45) is 0 Å². The van der Waals surface area contributed by atoms with Crippen molar-refractivity contribution in [2.45, 2.75) is 48.9 Å². The van der Waals surface area contributed by atoms with E-state index in [2.05, 4.69) is 22.1 Å². The number of nitrogens with one attached hydrogen (secondary N) is 2. The fourth-order valence-corrected chi connectivity index (χ4v) is 3.23. The van der Waals surface area contributed by atoms with E-state index in [1.54, 1.807) is 22.6 Å². The summed E-state index contributed by atoms with van der Waals surface area (Å²) in [6.45, 7) is 4.06. The first kappa shape index (κ1) is 16.8. The molecule has 120 valence electrons. The molecule has 1 aliphatic carbocycles. The van der Waals surface area contributed by atoms with Gasteiger partial charge in [-0.25, -0.2) is 13.1 Å². The maximum atomic E-state index is 12.1. The van der Waals surface area contributed by atoms with E-state index in [1.807, 2.05) is 6.26 Å². The Morgan fingerprint density at radius 1 is 1.48 bits per heavy atom. The average Bonchev–Trinajstić information content (AvgIpc) is 3.13. The molecule has 1 heterocycles. The smallest absolute Gasteiger partial charge is 0.243 e. The van der Waals surface area contributed by atoms with Gasteiger partial charge >= 0.3 is 0 Å². The lowest BCUT2D eigenvalue weighted by Crippen LogP contribution is -2.26. The number of rotatable bonds is 10. The van der Waals surface area contributed by atoms with E-state index in [4.69, 9.17) is 0 Å². The summed E-state index contributed by atoms with van der Waals surface area (Å²) in [6, 6.07) is 0.656. The zero-order chi connectivity index (χ0) is 15.3. The minimum atomic E-state index is -3.44. The molecule has 1 fully saturated rings. The van der Waals surface area contributed by atoms with E-state index in [-0.39, 0.29) is 4.90 Å². The third-order valence-electron chi connectivity index (χ3n) is 3.52. The maximum absolute atomic E-state index is 12.1. The fourth-order valence-electron chi connectivity index (χ4n) is 1.87. The lowest BCUT2D eigenvalue weighted by Gasteiger charge is -2.08. The van der Waals surface area contributed by atoms with Crippen LogP contribution in [0.1, 0.15) is 26.2 Å². The van der Waals surface area contributed by atoms with Gasteiger partial charge in [-0.3, -0.25) is 4.68 Å². The summed E-state index contributed by atoms with van der Waals surface area (Å²) in [6.07, 6.45) is 8.35. The molecule has 0 aromatic carbocycles. The molecule has 21 heavy (non-hydrogen) atoms. The van der Waals surface area contributed by atoms with Crippen LogP contribution in [0.5, 0.6) is 0 Å². The van der Waals surface area contributed by atoms with Gasteiger partial charge in [-0.05, 0) is 25.5 Å². The standard InChI is InChI=1S/C13H24N4O2S2/c1-11(20-2)5-6-16-21(18,19)13-9-15-17(10-13)8-7-14-12-3-4-12/h9-12,14,16H,3-8H2,1-2H3. The second-order valence-electron chi connectivity index (χ2n) is 5.40. The molecule has 8 heteroatoms. The summed E-state index contributed by atoms with van der Waals surface area (Å²) in [5, 5.41) is 7.94. The van der Waals surface area contributed by atoms with Crippen molar-refractivity contribution in [2.75, 3.05) is 19.3 Å². The fraction of sp³-hybridized carbons (Fsp3) is 0.769. The molecule has 1 aromatic heterocycles. The second kappa shape index (κ2) is 7.62. The van der Waals surface area contributed by atoms with Gasteiger partial charge in [0, 0.05) is 30.6 Å². The molecule has 1 aliphatic rings. The first-order chi connectivity index (χ1) is 10.0. The van der Waals surface area contributed by atoms with Crippen LogP contribution in [0.2, 0.25) is 0 Å². The second-order valence-corrected chi connectivity index (χ2v) is 8.44. The molecular formula is C13H24N4O2S2. The lowest BCUT2D eigenvalue weighted by atomic mass is 10.3. The highest BCUT2D eigenvalue weighted by molar-refractivity contribution is 7.99. The van der Waals surface area contributed by atoms with Gasteiger partial charge in [0.2, 0.25) is 10.0 Å². The van der Waals surface area contributed by atoms with Crippen molar-refractivity contribution in [3.05, 3.63) is 12.4 Å². The molecule has 1 unspecified atom stereocenters. The average molecular weight is 332 g/mol. The quantitative estimate of drug-likeness (QED) is 0.670. The number of aromatic nitrogens is 2. The molecular weight excluding hydrogens is 308 g/mol. The largest absolute Gasteiger partial charge is 0.312 e. The van der Waals surface area contributed by atoms with Gasteiger partial charge in [-0.2, -0.15) is 16.9 Å². The van der Waals surface area contributed by atoms with Crippen molar-refractivity contribution in [3.8, 4) is 0 Å². The molecule has 0 spiro atoms. The van der Waals surface area contributed by atoms with Crippen molar-refractivity contribution < 1.29 is 8.42 Å². The molecule has 6 nitrogen and oxygen atoms in total. The Hall–Kier alpha value is -0.570. The highest BCUT2D eigenvalue weighted by Crippen LogP contribution is 2.18. The first-order valence-electron chi connectivity index (χ1n) is 7.29. The number of hydrogen-bond acceptors (Lipinski definition) is 5. The minimum absolute atomic E-state index is 0.241. The lowest BCUT2D eigenvalue weighted by molar-refractivity contribution is 0.551. The molecule has 0 aliphatic heterocycles. The van der Waals surface area contributed by atoms with Gasteiger partial charge in [-0.1, -0.05) is 6.92 Å². The van der Waals surface area contributed by atoms with Crippen LogP contribution in [0, 0.1) is 0 Å². The molecule has 0 amide bonds. The van der Waals surface area contributed by atoms with E-state index < -0.39 is 10.0 Å². The van der Waals surface area contributed by atoms with Crippen molar-refractivity contribution in [1.29, 1.82) is 0 Å². The summed E-state index contributed by atoms with van der Waals surface area (Å²) in [5.41, 5.74) is 0. The van der Waals surface area contributed by atoms with E-state index in [0.717, 1.165) is 13.0 Å². The maximum Gasteiger partial charge on any atom is 0.243 e. The van der Waals surface area contributed by atoms with Crippen LogP contribution < -0.4 is 10.0 Å². The Balaban J connectivity index is 1.80. The summed E-state index contributed by atoms with van der Waals surface area (Å²) < 4.78 is 28.5. The Morgan fingerprint density at radius 3 is 2.90 bits per heavy atom. The normalized spacial score (nSPS) is 17.0. The monoisotopic (exact) mass is 332 g/mol. The Morgan fingerprint density at radius 2 is 2.24 bits per heavy atom. The van der Waals surface area contributed by atoms with Crippen molar-refractivity contribution in [1.82, 2.24) is 19.8 Å². The molecule has 0 bridgehead atoms. The SMILES string of the molecule is CSC(C)CCNS(=O)(=O)c1cnn(CCNC2CC2)c1. The Kier molecular flexibility index (Phi) is 6.09. The molecule has 0 saturated heterocycles. The van der Waals surface area contributed by atoms with Gasteiger partial charge in [0.25, 0.3) is 0 Å². The summed E-state index contributed by atoms with van der Waals surface area (Å²) >= 11 is 1.73. The van der Waals surface area contributed by atoms with Crippen LogP contribution in [-0.4, -0.2) is 48.8 Å². The summed E-state index contributed by atoms with van der Waals surface area (Å²) in [7, 11) is -3.44. The zero-order valence-corrected chi connectivity index (χ0v) is 14.2. The molecule has 1 aromatic rings. The van der Waals surface area contributed by atoms with Gasteiger partial charge in [0.1, 0.15) is 4.90 Å². The number of nitrogens with zero attached hydrogens (tertiary/aromatic N) is 2. The molecule has 1 saturated carbocycles. The molecule has 2 N–H and O–H groups in total. The predicted molar refractivity (Wildman–Crippen MR) is 86.0 cm³/mol. The van der Waals surface area contributed by atoms with Crippen LogP contribution in [0.15, 0.2) is 17.3 Å². The third-order valence-corrected chi connectivity index (χ3v) is 5.97. The highest BCUT2D eigenvalue weighted by Gasteiger charge is 2.20. The number of thioether (sulfide) groups is 1. The predicted octanol–water partition coefficient (Wildman–Crippen LogP) is 1.06. The van der Waals surface area contributed by atoms with E-state index in [0.29, 0.717) is 24.4 Å². The van der Waals surface area contributed by atoms with Crippen LogP contribution in [0.3, 0.4) is 0 Å².